The minimum atomic E-state index is -3.51. The first-order chi connectivity index (χ1) is 12.3. The van der Waals surface area contributed by atoms with Crippen LogP contribution >= 0.6 is 0 Å². The van der Waals surface area contributed by atoms with Crippen LogP contribution in [-0.2, 0) is 27.9 Å². The zero-order chi connectivity index (χ0) is 19.2. The van der Waals surface area contributed by atoms with Gasteiger partial charge < -0.3 is 10.1 Å². The Labute approximate surface area is 154 Å². The molecule has 1 N–H and O–H groups in total. The van der Waals surface area contributed by atoms with Gasteiger partial charge in [0.1, 0.15) is 5.75 Å². The van der Waals surface area contributed by atoms with E-state index in [1.807, 2.05) is 55.5 Å². The van der Waals surface area contributed by atoms with E-state index >= 15 is 0 Å². The van der Waals surface area contributed by atoms with E-state index in [2.05, 4.69) is 5.32 Å². The molecule has 0 atom stereocenters. The van der Waals surface area contributed by atoms with Crippen LogP contribution in [0.1, 0.15) is 16.7 Å². The summed E-state index contributed by atoms with van der Waals surface area (Å²) in [6.07, 6.45) is 1.11. The number of hydrogen-bond donors (Lipinski definition) is 1. The van der Waals surface area contributed by atoms with E-state index in [-0.39, 0.29) is 19.0 Å². The minimum Gasteiger partial charge on any atom is -0.497 e. The molecular weight excluding hydrogens is 352 g/mol. The molecule has 6 nitrogen and oxygen atoms in total. The molecule has 0 spiro atoms. The second-order valence-electron chi connectivity index (χ2n) is 6.08. The van der Waals surface area contributed by atoms with Gasteiger partial charge in [0.2, 0.25) is 15.9 Å². The molecule has 0 aromatic heterocycles. The fourth-order valence-corrected chi connectivity index (χ4v) is 3.15. The highest BCUT2D eigenvalue weighted by atomic mass is 32.2. The first kappa shape index (κ1) is 19.9. The van der Waals surface area contributed by atoms with Crippen molar-refractivity contribution in [2.24, 2.45) is 0 Å². The monoisotopic (exact) mass is 376 g/mol. The van der Waals surface area contributed by atoms with Gasteiger partial charge in [-0.3, -0.25) is 4.79 Å². The number of nitrogens with one attached hydrogen (secondary N) is 1. The molecule has 0 aliphatic carbocycles. The van der Waals surface area contributed by atoms with Crippen molar-refractivity contribution < 1.29 is 17.9 Å². The van der Waals surface area contributed by atoms with Crippen molar-refractivity contribution in [1.29, 1.82) is 0 Å². The number of hydrogen-bond acceptors (Lipinski definition) is 4. The van der Waals surface area contributed by atoms with Gasteiger partial charge in [-0.1, -0.05) is 36.4 Å². The van der Waals surface area contributed by atoms with Crippen LogP contribution in [0.4, 0.5) is 0 Å². The highest BCUT2D eigenvalue weighted by molar-refractivity contribution is 7.88. The molecule has 1 amide bonds. The Bertz CT molecular complexity index is 848. The first-order valence-electron chi connectivity index (χ1n) is 8.19. The number of methoxy groups -OCH3 is 1. The summed E-state index contributed by atoms with van der Waals surface area (Å²) in [6.45, 7) is 2.19. The number of aryl methyl sites for hydroxylation is 1. The summed E-state index contributed by atoms with van der Waals surface area (Å²) in [4.78, 5) is 12.2. The number of carbonyl (C=O) groups is 1. The van der Waals surface area contributed by atoms with Crippen molar-refractivity contribution in [2.75, 3.05) is 19.9 Å². The van der Waals surface area contributed by atoms with Crippen LogP contribution in [0, 0.1) is 6.92 Å². The molecule has 0 saturated carbocycles. The van der Waals surface area contributed by atoms with Crippen molar-refractivity contribution in [3.05, 3.63) is 65.2 Å². The molecule has 26 heavy (non-hydrogen) atoms. The summed E-state index contributed by atoms with van der Waals surface area (Å²) < 4.78 is 30.4. The molecule has 0 saturated heterocycles. The van der Waals surface area contributed by atoms with Gasteiger partial charge in [-0.2, -0.15) is 4.31 Å². The highest BCUT2D eigenvalue weighted by Crippen LogP contribution is 2.13. The van der Waals surface area contributed by atoms with Gasteiger partial charge in [0.15, 0.2) is 0 Å². The van der Waals surface area contributed by atoms with Crippen molar-refractivity contribution >= 4 is 15.9 Å². The van der Waals surface area contributed by atoms with Crippen LogP contribution in [0.2, 0.25) is 0 Å². The van der Waals surface area contributed by atoms with Gasteiger partial charge in [-0.05, 0) is 35.7 Å². The number of nitrogens with zero attached hydrogens (tertiary/aromatic N) is 1. The molecule has 0 radical (unpaired) electrons. The number of carbonyl (C=O) groups excluding carboxylic acids is 1. The summed E-state index contributed by atoms with van der Waals surface area (Å²) in [6, 6.07) is 14.8. The van der Waals surface area contributed by atoms with Crippen LogP contribution in [0.5, 0.6) is 5.75 Å². The van der Waals surface area contributed by atoms with Crippen LogP contribution in [-0.4, -0.2) is 38.5 Å². The maximum Gasteiger partial charge on any atom is 0.235 e. The fourth-order valence-electron chi connectivity index (χ4n) is 2.43. The topological polar surface area (TPSA) is 75.7 Å². The van der Waals surface area contributed by atoms with E-state index in [1.165, 1.54) is 4.31 Å². The highest BCUT2D eigenvalue weighted by Gasteiger charge is 2.21. The van der Waals surface area contributed by atoms with Crippen LogP contribution in [0.25, 0.3) is 0 Å². The van der Waals surface area contributed by atoms with E-state index in [0.717, 1.165) is 28.7 Å². The third-order valence-electron chi connectivity index (χ3n) is 4.05. The quantitative estimate of drug-likeness (QED) is 0.765. The summed E-state index contributed by atoms with van der Waals surface area (Å²) >= 11 is 0. The van der Waals surface area contributed by atoms with Gasteiger partial charge in [-0.15, -0.1) is 0 Å². The molecule has 0 fully saturated rings. The molecule has 0 heterocycles. The molecule has 0 bridgehead atoms. The third kappa shape index (κ3) is 5.86. The lowest BCUT2D eigenvalue weighted by molar-refractivity contribution is -0.121. The first-order valence-corrected chi connectivity index (χ1v) is 10.0. The Morgan fingerprint density at radius 3 is 2.35 bits per heavy atom. The van der Waals surface area contributed by atoms with Gasteiger partial charge in [0, 0.05) is 13.1 Å². The third-order valence-corrected chi connectivity index (χ3v) is 5.24. The summed E-state index contributed by atoms with van der Waals surface area (Å²) in [5, 5.41) is 2.75. The van der Waals surface area contributed by atoms with Gasteiger partial charge >= 0.3 is 0 Å². The van der Waals surface area contributed by atoms with Crippen molar-refractivity contribution in [2.45, 2.75) is 20.0 Å². The second kappa shape index (κ2) is 8.82. The summed E-state index contributed by atoms with van der Waals surface area (Å²) in [5.41, 5.74) is 2.77. The largest absolute Gasteiger partial charge is 0.497 e. The van der Waals surface area contributed by atoms with Gasteiger partial charge in [-0.25, -0.2) is 8.42 Å². The standard InChI is InChI=1S/C19H24N2O4S/c1-15-6-4-5-7-17(15)13-21(26(3,23)24)14-19(22)20-12-16-8-10-18(25-2)11-9-16/h4-11H,12-14H2,1-3H3,(H,20,22). The van der Waals surface area contributed by atoms with Crippen molar-refractivity contribution in [3.63, 3.8) is 0 Å². The second-order valence-corrected chi connectivity index (χ2v) is 8.06. The Kier molecular flexibility index (Phi) is 6.76. The Morgan fingerprint density at radius 1 is 1.12 bits per heavy atom. The van der Waals surface area contributed by atoms with Crippen molar-refractivity contribution in [3.8, 4) is 5.75 Å². The van der Waals surface area contributed by atoms with Gasteiger partial charge in [0.25, 0.3) is 0 Å². The molecule has 0 aliphatic rings. The van der Waals surface area contributed by atoms with Crippen LogP contribution in [0.15, 0.2) is 48.5 Å². The molecule has 140 valence electrons. The minimum absolute atomic E-state index is 0.168. The number of amides is 1. The van der Waals surface area contributed by atoms with E-state index in [1.54, 1.807) is 7.11 Å². The molecule has 0 unspecified atom stereocenters. The maximum atomic E-state index is 12.2. The molecule has 2 aromatic rings. The average molecular weight is 376 g/mol. The van der Waals surface area contributed by atoms with Crippen LogP contribution in [0.3, 0.4) is 0 Å². The van der Waals surface area contributed by atoms with E-state index < -0.39 is 10.0 Å². The van der Waals surface area contributed by atoms with Crippen molar-refractivity contribution in [1.82, 2.24) is 9.62 Å². The fraction of sp³-hybridized carbons (Fsp3) is 0.316. The normalized spacial score (nSPS) is 11.4. The number of benzene rings is 2. The maximum absolute atomic E-state index is 12.2. The lowest BCUT2D eigenvalue weighted by Crippen LogP contribution is -2.39. The number of ether oxygens (including phenoxy) is 1. The Morgan fingerprint density at radius 2 is 1.77 bits per heavy atom. The number of sulfonamides is 1. The molecule has 7 heteroatoms. The predicted molar refractivity (Wildman–Crippen MR) is 101 cm³/mol. The summed E-state index contributed by atoms with van der Waals surface area (Å²) in [7, 11) is -1.92. The average Bonchev–Trinajstić information content (AvgIpc) is 2.61. The summed E-state index contributed by atoms with van der Waals surface area (Å²) in [5.74, 6) is 0.390. The van der Waals surface area contributed by atoms with Crippen LogP contribution < -0.4 is 10.1 Å². The zero-order valence-corrected chi connectivity index (χ0v) is 16.0. The zero-order valence-electron chi connectivity index (χ0n) is 15.2. The number of rotatable bonds is 8. The Hall–Kier alpha value is -2.38. The predicted octanol–water partition coefficient (Wildman–Crippen LogP) is 2.08. The smallest absolute Gasteiger partial charge is 0.235 e. The van der Waals surface area contributed by atoms with E-state index in [0.29, 0.717) is 6.54 Å². The molecular formula is C19H24N2O4S. The molecule has 0 aliphatic heterocycles. The van der Waals surface area contributed by atoms with E-state index in [4.69, 9.17) is 4.74 Å². The SMILES string of the molecule is COc1ccc(CNC(=O)CN(Cc2ccccc2C)S(C)(=O)=O)cc1. The van der Waals surface area contributed by atoms with E-state index in [9.17, 15) is 13.2 Å². The molecule has 2 aromatic carbocycles. The molecule has 2 rings (SSSR count). The lowest BCUT2D eigenvalue weighted by atomic mass is 10.1. The lowest BCUT2D eigenvalue weighted by Gasteiger charge is -2.20. The Balaban J connectivity index is 1.99. The van der Waals surface area contributed by atoms with Gasteiger partial charge in [0.05, 0.1) is 19.9 Å².